The van der Waals surface area contributed by atoms with Crippen molar-refractivity contribution in [2.24, 2.45) is 0 Å². The van der Waals surface area contributed by atoms with Crippen molar-refractivity contribution < 1.29 is 0 Å². The van der Waals surface area contributed by atoms with Crippen LogP contribution in [0.4, 0.5) is 5.82 Å². The third-order valence-electron chi connectivity index (χ3n) is 3.66. The Labute approximate surface area is 144 Å². The number of nitrogen functional groups attached to an aromatic ring is 1. The molecule has 0 saturated heterocycles. The average Bonchev–Trinajstić information content (AvgIpc) is 2.55. The van der Waals surface area contributed by atoms with E-state index in [4.69, 9.17) is 17.3 Å². The monoisotopic (exact) mass is 340 g/mol. The molecule has 0 spiro atoms. The quantitative estimate of drug-likeness (QED) is 0.787. The zero-order valence-electron chi connectivity index (χ0n) is 13.4. The van der Waals surface area contributed by atoms with Crippen LogP contribution >= 0.6 is 11.6 Å². The molecule has 0 bridgehead atoms. The second-order valence-corrected chi connectivity index (χ2v) is 6.20. The summed E-state index contributed by atoms with van der Waals surface area (Å²) in [6.07, 6.45) is 3.30. The van der Waals surface area contributed by atoms with Gasteiger partial charge in [0.25, 0.3) is 5.56 Å². The highest BCUT2D eigenvalue weighted by atomic mass is 35.5. The van der Waals surface area contributed by atoms with Crippen LogP contribution in [-0.2, 0) is 0 Å². The first-order chi connectivity index (χ1) is 11.5. The number of aromatic nitrogens is 3. The van der Waals surface area contributed by atoms with Gasteiger partial charge in [0.15, 0.2) is 0 Å². The summed E-state index contributed by atoms with van der Waals surface area (Å²) < 4.78 is 1.66. The first-order valence-electron chi connectivity index (χ1n) is 7.56. The van der Waals surface area contributed by atoms with Gasteiger partial charge in [0, 0.05) is 34.5 Å². The van der Waals surface area contributed by atoms with E-state index in [0.29, 0.717) is 22.2 Å². The van der Waals surface area contributed by atoms with Gasteiger partial charge in [-0.2, -0.15) is 0 Å². The molecule has 1 aromatic carbocycles. The SMILES string of the molecule is CC(C)n1cc(-c2ncc(N)nc2-c2cccc(Cl)c2)ccc1=O. The van der Waals surface area contributed by atoms with Gasteiger partial charge in [-0.05, 0) is 32.0 Å². The van der Waals surface area contributed by atoms with Gasteiger partial charge >= 0.3 is 0 Å². The molecule has 0 saturated carbocycles. The third kappa shape index (κ3) is 3.16. The highest BCUT2D eigenvalue weighted by Crippen LogP contribution is 2.30. The summed E-state index contributed by atoms with van der Waals surface area (Å²) in [7, 11) is 0. The van der Waals surface area contributed by atoms with Crippen molar-refractivity contribution in [1.82, 2.24) is 14.5 Å². The van der Waals surface area contributed by atoms with E-state index in [1.54, 1.807) is 22.9 Å². The molecule has 3 aromatic rings. The third-order valence-corrected chi connectivity index (χ3v) is 3.89. The fourth-order valence-electron chi connectivity index (χ4n) is 2.50. The zero-order chi connectivity index (χ0) is 17.3. The number of pyridine rings is 1. The van der Waals surface area contributed by atoms with Gasteiger partial charge in [-0.15, -0.1) is 0 Å². The maximum absolute atomic E-state index is 12.0. The van der Waals surface area contributed by atoms with Crippen LogP contribution in [0.25, 0.3) is 22.5 Å². The lowest BCUT2D eigenvalue weighted by Gasteiger charge is -2.13. The van der Waals surface area contributed by atoms with Crippen LogP contribution in [0, 0.1) is 0 Å². The van der Waals surface area contributed by atoms with E-state index in [1.165, 1.54) is 12.3 Å². The summed E-state index contributed by atoms with van der Waals surface area (Å²) in [6, 6.07) is 10.7. The molecule has 3 rings (SSSR count). The number of rotatable bonds is 3. The van der Waals surface area contributed by atoms with Gasteiger partial charge in [0.2, 0.25) is 0 Å². The smallest absolute Gasteiger partial charge is 0.250 e. The molecule has 0 aliphatic carbocycles. The second-order valence-electron chi connectivity index (χ2n) is 5.76. The molecule has 24 heavy (non-hydrogen) atoms. The topological polar surface area (TPSA) is 73.8 Å². The number of nitrogens with zero attached hydrogens (tertiary/aromatic N) is 3. The molecule has 0 unspecified atom stereocenters. The summed E-state index contributed by atoms with van der Waals surface area (Å²) in [5.41, 5.74) is 8.67. The fourth-order valence-corrected chi connectivity index (χ4v) is 2.69. The van der Waals surface area contributed by atoms with Crippen molar-refractivity contribution in [3.05, 3.63) is 64.2 Å². The van der Waals surface area contributed by atoms with E-state index in [1.807, 2.05) is 32.0 Å². The predicted molar refractivity (Wildman–Crippen MR) is 97.0 cm³/mol. The van der Waals surface area contributed by atoms with Crippen LogP contribution in [0.15, 0.2) is 53.6 Å². The van der Waals surface area contributed by atoms with Crippen molar-refractivity contribution in [3.63, 3.8) is 0 Å². The summed E-state index contributed by atoms with van der Waals surface area (Å²) in [5, 5.41) is 0.606. The molecular formula is C18H17ClN4O. The molecule has 2 N–H and O–H groups in total. The molecule has 0 fully saturated rings. The number of halogens is 1. The van der Waals surface area contributed by atoms with Crippen molar-refractivity contribution in [3.8, 4) is 22.5 Å². The van der Waals surface area contributed by atoms with Crippen LogP contribution in [0.1, 0.15) is 19.9 Å². The van der Waals surface area contributed by atoms with Gasteiger partial charge in [-0.1, -0.05) is 23.7 Å². The maximum atomic E-state index is 12.0. The zero-order valence-corrected chi connectivity index (χ0v) is 14.2. The van der Waals surface area contributed by atoms with Crippen LogP contribution in [0.3, 0.4) is 0 Å². The Morgan fingerprint density at radius 2 is 1.92 bits per heavy atom. The van der Waals surface area contributed by atoms with Crippen LogP contribution in [-0.4, -0.2) is 14.5 Å². The van der Waals surface area contributed by atoms with Crippen molar-refractivity contribution >= 4 is 17.4 Å². The Bertz CT molecular complexity index is 950. The van der Waals surface area contributed by atoms with Gasteiger partial charge in [0.05, 0.1) is 17.6 Å². The Balaban J connectivity index is 2.23. The van der Waals surface area contributed by atoms with Crippen molar-refractivity contribution in [2.75, 3.05) is 5.73 Å². The Hall–Kier alpha value is -2.66. The van der Waals surface area contributed by atoms with E-state index in [0.717, 1.165) is 11.1 Å². The van der Waals surface area contributed by atoms with Crippen molar-refractivity contribution in [2.45, 2.75) is 19.9 Å². The Morgan fingerprint density at radius 3 is 2.62 bits per heavy atom. The second kappa shape index (κ2) is 6.45. The van der Waals surface area contributed by atoms with E-state index < -0.39 is 0 Å². The summed E-state index contributed by atoms with van der Waals surface area (Å²) in [6.45, 7) is 3.91. The van der Waals surface area contributed by atoms with Gasteiger partial charge < -0.3 is 10.3 Å². The largest absolute Gasteiger partial charge is 0.382 e. The number of hydrogen-bond donors (Lipinski definition) is 1. The lowest BCUT2D eigenvalue weighted by Crippen LogP contribution is -2.20. The van der Waals surface area contributed by atoms with E-state index in [2.05, 4.69) is 9.97 Å². The van der Waals surface area contributed by atoms with Crippen LogP contribution in [0.2, 0.25) is 5.02 Å². The minimum absolute atomic E-state index is 0.0498. The standard InChI is InChI=1S/C18H17ClN4O/c1-11(2)23-10-13(6-7-16(23)24)17-18(22-15(20)9-21-17)12-4-3-5-14(19)8-12/h3-11H,1-2H3,(H2,20,22). The van der Waals surface area contributed by atoms with E-state index in [9.17, 15) is 4.79 Å². The highest BCUT2D eigenvalue weighted by Gasteiger charge is 2.13. The van der Waals surface area contributed by atoms with E-state index in [-0.39, 0.29) is 11.6 Å². The normalized spacial score (nSPS) is 11.0. The van der Waals surface area contributed by atoms with E-state index >= 15 is 0 Å². The molecule has 0 amide bonds. The maximum Gasteiger partial charge on any atom is 0.250 e. The molecular weight excluding hydrogens is 324 g/mol. The summed E-state index contributed by atoms with van der Waals surface area (Å²) >= 11 is 6.10. The summed E-state index contributed by atoms with van der Waals surface area (Å²) in [4.78, 5) is 20.9. The molecule has 0 atom stereocenters. The molecule has 6 heteroatoms. The Morgan fingerprint density at radius 1 is 1.12 bits per heavy atom. The molecule has 122 valence electrons. The van der Waals surface area contributed by atoms with Gasteiger partial charge in [-0.25, -0.2) is 4.98 Å². The summed E-state index contributed by atoms with van der Waals surface area (Å²) in [5.74, 6) is 0.325. The lowest BCUT2D eigenvalue weighted by molar-refractivity contribution is 0.579. The van der Waals surface area contributed by atoms with Crippen molar-refractivity contribution in [1.29, 1.82) is 0 Å². The van der Waals surface area contributed by atoms with Gasteiger partial charge in [0.1, 0.15) is 5.82 Å². The molecule has 0 aliphatic heterocycles. The molecule has 0 radical (unpaired) electrons. The van der Waals surface area contributed by atoms with Crippen LogP contribution in [0.5, 0.6) is 0 Å². The molecule has 0 aliphatic rings. The van der Waals surface area contributed by atoms with Crippen LogP contribution < -0.4 is 11.3 Å². The first kappa shape index (κ1) is 16.2. The average molecular weight is 341 g/mol. The number of hydrogen-bond acceptors (Lipinski definition) is 4. The predicted octanol–water partition coefficient (Wildman–Crippen LogP) is 3.79. The minimum atomic E-state index is -0.0542. The first-order valence-corrected chi connectivity index (χ1v) is 7.94. The van der Waals surface area contributed by atoms with Gasteiger partial charge in [-0.3, -0.25) is 9.78 Å². The molecule has 5 nitrogen and oxygen atoms in total. The number of nitrogens with two attached hydrogens (primary N) is 1. The highest BCUT2D eigenvalue weighted by molar-refractivity contribution is 6.30. The Kier molecular flexibility index (Phi) is 4.36. The molecule has 2 heterocycles. The fraction of sp³-hybridized carbons (Fsp3) is 0.167. The number of benzene rings is 1. The lowest BCUT2D eigenvalue weighted by atomic mass is 10.1. The number of anilines is 1. The molecule has 2 aromatic heterocycles. The minimum Gasteiger partial charge on any atom is -0.382 e.